The van der Waals surface area contributed by atoms with E-state index >= 15 is 0 Å². The Balaban J connectivity index is 2.53. The molecule has 0 radical (unpaired) electrons. The second-order valence-electron chi connectivity index (χ2n) is 4.32. The molecule has 1 rings (SSSR count). The Kier molecular flexibility index (Phi) is 4.06. The Hall–Kier alpha value is -1.36. The molecule has 5 nitrogen and oxygen atoms in total. The standard InChI is InChI=1S/C11H19N3O2/c1-4-11(2,8-15)13-10(16)5-9-6-12-14(3)7-9/h6-7,15H,4-5,8H2,1-3H3,(H,13,16). The summed E-state index contributed by atoms with van der Waals surface area (Å²) >= 11 is 0. The fraction of sp³-hybridized carbons (Fsp3) is 0.636. The Morgan fingerprint density at radius 1 is 1.69 bits per heavy atom. The van der Waals surface area contributed by atoms with Gasteiger partial charge in [-0.3, -0.25) is 9.48 Å². The molecular formula is C11H19N3O2. The molecule has 1 aromatic heterocycles. The molecule has 0 saturated heterocycles. The normalized spacial score (nSPS) is 14.5. The van der Waals surface area contributed by atoms with Crippen molar-refractivity contribution in [2.45, 2.75) is 32.2 Å². The highest BCUT2D eigenvalue weighted by atomic mass is 16.3. The fourth-order valence-corrected chi connectivity index (χ4v) is 1.37. The molecule has 0 fully saturated rings. The first kappa shape index (κ1) is 12.7. The summed E-state index contributed by atoms with van der Waals surface area (Å²) in [7, 11) is 1.81. The largest absolute Gasteiger partial charge is 0.394 e. The van der Waals surface area contributed by atoms with Gasteiger partial charge in [0.2, 0.25) is 5.91 Å². The molecule has 90 valence electrons. The predicted molar refractivity (Wildman–Crippen MR) is 60.8 cm³/mol. The van der Waals surface area contributed by atoms with Crippen molar-refractivity contribution in [1.82, 2.24) is 15.1 Å². The van der Waals surface area contributed by atoms with Gasteiger partial charge in [-0.1, -0.05) is 6.92 Å². The average molecular weight is 225 g/mol. The zero-order valence-electron chi connectivity index (χ0n) is 10.0. The van der Waals surface area contributed by atoms with E-state index in [1.807, 2.05) is 27.1 Å². The minimum absolute atomic E-state index is 0.0533. The van der Waals surface area contributed by atoms with Crippen LogP contribution in [0.4, 0.5) is 0 Å². The van der Waals surface area contributed by atoms with Crippen LogP contribution in [0.25, 0.3) is 0 Å². The second-order valence-corrected chi connectivity index (χ2v) is 4.32. The molecule has 16 heavy (non-hydrogen) atoms. The molecule has 1 amide bonds. The van der Waals surface area contributed by atoms with E-state index < -0.39 is 5.54 Å². The van der Waals surface area contributed by atoms with Crippen LogP contribution in [0.15, 0.2) is 12.4 Å². The lowest BCUT2D eigenvalue weighted by Crippen LogP contribution is -2.48. The van der Waals surface area contributed by atoms with Crippen molar-refractivity contribution in [2.24, 2.45) is 7.05 Å². The number of hydrogen-bond acceptors (Lipinski definition) is 3. The van der Waals surface area contributed by atoms with Crippen molar-refractivity contribution in [3.63, 3.8) is 0 Å². The summed E-state index contributed by atoms with van der Waals surface area (Å²) in [5, 5.41) is 16.0. The molecule has 1 unspecified atom stereocenters. The van der Waals surface area contributed by atoms with Gasteiger partial charge in [0.25, 0.3) is 0 Å². The van der Waals surface area contributed by atoms with E-state index in [1.54, 1.807) is 10.9 Å². The molecule has 5 heteroatoms. The van der Waals surface area contributed by atoms with Crippen LogP contribution >= 0.6 is 0 Å². The fourth-order valence-electron chi connectivity index (χ4n) is 1.37. The number of aromatic nitrogens is 2. The van der Waals surface area contributed by atoms with Gasteiger partial charge in [-0.05, 0) is 18.9 Å². The highest BCUT2D eigenvalue weighted by Crippen LogP contribution is 2.08. The number of rotatable bonds is 5. The van der Waals surface area contributed by atoms with Crippen LogP contribution in [0.3, 0.4) is 0 Å². The van der Waals surface area contributed by atoms with Gasteiger partial charge < -0.3 is 10.4 Å². The van der Waals surface area contributed by atoms with E-state index in [4.69, 9.17) is 0 Å². The molecule has 0 saturated carbocycles. The van der Waals surface area contributed by atoms with Gasteiger partial charge in [0.1, 0.15) is 0 Å². The van der Waals surface area contributed by atoms with E-state index in [0.717, 1.165) is 5.56 Å². The molecule has 0 bridgehead atoms. The third kappa shape index (κ3) is 3.34. The van der Waals surface area contributed by atoms with Crippen molar-refractivity contribution in [1.29, 1.82) is 0 Å². The van der Waals surface area contributed by atoms with Gasteiger partial charge in [-0.15, -0.1) is 0 Å². The maximum Gasteiger partial charge on any atom is 0.225 e. The molecule has 1 atom stereocenters. The monoisotopic (exact) mass is 225 g/mol. The third-order valence-electron chi connectivity index (χ3n) is 2.69. The molecule has 0 aliphatic heterocycles. The van der Waals surface area contributed by atoms with Gasteiger partial charge in [-0.25, -0.2) is 0 Å². The van der Waals surface area contributed by atoms with Crippen LogP contribution in [0, 0.1) is 0 Å². The molecule has 0 spiro atoms. The van der Waals surface area contributed by atoms with Crippen LogP contribution in [0.1, 0.15) is 25.8 Å². The minimum atomic E-state index is -0.528. The molecule has 0 aromatic carbocycles. The zero-order chi connectivity index (χ0) is 12.2. The lowest BCUT2D eigenvalue weighted by atomic mass is 10.00. The van der Waals surface area contributed by atoms with Gasteiger partial charge in [0, 0.05) is 13.2 Å². The first-order chi connectivity index (χ1) is 7.49. The van der Waals surface area contributed by atoms with Crippen LogP contribution in [-0.4, -0.2) is 32.9 Å². The quantitative estimate of drug-likeness (QED) is 0.754. The van der Waals surface area contributed by atoms with Crippen LogP contribution in [0.2, 0.25) is 0 Å². The van der Waals surface area contributed by atoms with E-state index in [1.165, 1.54) is 0 Å². The first-order valence-electron chi connectivity index (χ1n) is 5.38. The van der Waals surface area contributed by atoms with E-state index in [0.29, 0.717) is 12.8 Å². The number of aliphatic hydroxyl groups is 1. The summed E-state index contributed by atoms with van der Waals surface area (Å²) in [6.45, 7) is 3.71. The number of nitrogens with zero attached hydrogens (tertiary/aromatic N) is 2. The maximum absolute atomic E-state index is 11.7. The van der Waals surface area contributed by atoms with E-state index in [9.17, 15) is 9.90 Å². The minimum Gasteiger partial charge on any atom is -0.394 e. The second kappa shape index (κ2) is 5.12. The number of aryl methyl sites for hydroxylation is 1. The van der Waals surface area contributed by atoms with Crippen LogP contribution < -0.4 is 5.32 Å². The van der Waals surface area contributed by atoms with E-state index in [2.05, 4.69) is 10.4 Å². The molecule has 0 aliphatic carbocycles. The third-order valence-corrected chi connectivity index (χ3v) is 2.69. The lowest BCUT2D eigenvalue weighted by Gasteiger charge is -2.27. The Morgan fingerprint density at radius 3 is 2.81 bits per heavy atom. The number of aliphatic hydroxyl groups excluding tert-OH is 1. The van der Waals surface area contributed by atoms with Crippen molar-refractivity contribution in [2.75, 3.05) is 6.61 Å². The first-order valence-corrected chi connectivity index (χ1v) is 5.38. The van der Waals surface area contributed by atoms with Crippen molar-refractivity contribution < 1.29 is 9.90 Å². The number of carbonyl (C=O) groups is 1. The number of amides is 1. The highest BCUT2D eigenvalue weighted by molar-refractivity contribution is 5.79. The molecule has 1 aromatic rings. The maximum atomic E-state index is 11.7. The topological polar surface area (TPSA) is 67.2 Å². The number of hydrogen-bond donors (Lipinski definition) is 2. The van der Waals surface area contributed by atoms with Crippen LogP contribution in [-0.2, 0) is 18.3 Å². The summed E-state index contributed by atoms with van der Waals surface area (Å²) in [5.41, 5.74) is 0.343. The zero-order valence-corrected chi connectivity index (χ0v) is 10.0. The summed E-state index contributed by atoms with van der Waals surface area (Å²) in [6.07, 6.45) is 4.47. The molecule has 2 N–H and O–H groups in total. The summed E-state index contributed by atoms with van der Waals surface area (Å²) in [5.74, 6) is -0.0913. The van der Waals surface area contributed by atoms with Crippen molar-refractivity contribution in [3.8, 4) is 0 Å². The van der Waals surface area contributed by atoms with Crippen molar-refractivity contribution >= 4 is 5.91 Å². The highest BCUT2D eigenvalue weighted by Gasteiger charge is 2.23. The summed E-state index contributed by atoms with van der Waals surface area (Å²) in [6, 6.07) is 0. The Labute approximate surface area is 95.5 Å². The van der Waals surface area contributed by atoms with Gasteiger partial charge in [0.05, 0.1) is 24.8 Å². The van der Waals surface area contributed by atoms with Crippen molar-refractivity contribution in [3.05, 3.63) is 18.0 Å². The summed E-state index contributed by atoms with van der Waals surface area (Å²) in [4.78, 5) is 11.7. The molecule has 1 heterocycles. The predicted octanol–water partition coefficient (Wildman–Crippen LogP) is 0.240. The molecular weight excluding hydrogens is 206 g/mol. The lowest BCUT2D eigenvalue weighted by molar-refractivity contribution is -0.122. The van der Waals surface area contributed by atoms with Gasteiger partial charge in [0.15, 0.2) is 0 Å². The molecule has 0 aliphatic rings. The van der Waals surface area contributed by atoms with Crippen LogP contribution in [0.5, 0.6) is 0 Å². The summed E-state index contributed by atoms with van der Waals surface area (Å²) < 4.78 is 1.66. The SMILES string of the molecule is CCC(C)(CO)NC(=O)Cc1cnn(C)c1. The van der Waals surface area contributed by atoms with Gasteiger partial charge in [-0.2, -0.15) is 5.10 Å². The smallest absolute Gasteiger partial charge is 0.225 e. The number of carbonyl (C=O) groups excluding carboxylic acids is 1. The van der Waals surface area contributed by atoms with Gasteiger partial charge >= 0.3 is 0 Å². The number of nitrogens with one attached hydrogen (secondary N) is 1. The Morgan fingerprint density at radius 2 is 2.38 bits per heavy atom. The average Bonchev–Trinajstić information content (AvgIpc) is 2.63. The van der Waals surface area contributed by atoms with E-state index in [-0.39, 0.29) is 12.5 Å². The Bertz CT molecular complexity index is 356.